The molecular weight excluding hydrogens is 426 g/mol. The second kappa shape index (κ2) is 8.17. The van der Waals surface area contributed by atoms with Crippen LogP contribution in [0.3, 0.4) is 0 Å². The van der Waals surface area contributed by atoms with E-state index in [1.807, 2.05) is 4.72 Å². The van der Waals surface area contributed by atoms with Crippen LogP contribution < -0.4 is 4.72 Å². The first-order chi connectivity index (χ1) is 13.6. The van der Waals surface area contributed by atoms with Gasteiger partial charge in [0.2, 0.25) is 15.9 Å². The summed E-state index contributed by atoms with van der Waals surface area (Å²) in [5.41, 5.74) is 0. The maximum Gasteiger partial charge on any atom is 0.264 e. The number of amides is 1. The Balaban J connectivity index is 1.74. The molecular formula is C18H18F2N2O5S2. The van der Waals surface area contributed by atoms with Crippen molar-refractivity contribution in [3.8, 4) is 0 Å². The largest absolute Gasteiger partial charge is 0.274 e. The zero-order valence-corrected chi connectivity index (χ0v) is 16.7. The Labute approximate surface area is 167 Å². The first-order valence-corrected chi connectivity index (χ1v) is 11.6. The van der Waals surface area contributed by atoms with Gasteiger partial charge in [0.1, 0.15) is 11.6 Å². The number of nitrogens with zero attached hydrogens (tertiary/aromatic N) is 1. The fourth-order valence-corrected chi connectivity index (χ4v) is 5.59. The van der Waals surface area contributed by atoms with Crippen LogP contribution in [0.4, 0.5) is 8.78 Å². The molecule has 2 aromatic rings. The third kappa shape index (κ3) is 4.80. The van der Waals surface area contributed by atoms with Crippen molar-refractivity contribution in [2.45, 2.75) is 22.6 Å². The van der Waals surface area contributed by atoms with Gasteiger partial charge in [0.25, 0.3) is 10.0 Å². The van der Waals surface area contributed by atoms with Crippen LogP contribution in [0, 0.1) is 17.6 Å². The third-order valence-electron chi connectivity index (χ3n) is 4.57. The van der Waals surface area contributed by atoms with E-state index in [2.05, 4.69) is 0 Å². The minimum Gasteiger partial charge on any atom is -0.274 e. The second-order valence-electron chi connectivity index (χ2n) is 6.58. The fourth-order valence-electron chi connectivity index (χ4n) is 3.02. The second-order valence-corrected chi connectivity index (χ2v) is 10.2. The van der Waals surface area contributed by atoms with Crippen LogP contribution in [0.1, 0.15) is 12.8 Å². The third-order valence-corrected chi connectivity index (χ3v) is 7.81. The first-order valence-electron chi connectivity index (χ1n) is 8.67. The zero-order valence-electron chi connectivity index (χ0n) is 15.1. The van der Waals surface area contributed by atoms with Crippen molar-refractivity contribution < 1.29 is 30.4 Å². The predicted molar refractivity (Wildman–Crippen MR) is 99.6 cm³/mol. The number of nitrogens with one attached hydrogen (secondary N) is 1. The van der Waals surface area contributed by atoms with Gasteiger partial charge in [-0.05, 0) is 61.4 Å². The lowest BCUT2D eigenvalue weighted by molar-refractivity contribution is -0.124. The predicted octanol–water partition coefficient (Wildman–Crippen LogP) is 1.87. The highest BCUT2D eigenvalue weighted by Gasteiger charge is 2.34. The molecule has 0 bridgehead atoms. The normalized spacial score (nSPS) is 18.3. The molecule has 2 aromatic carbocycles. The van der Waals surface area contributed by atoms with Crippen LogP contribution >= 0.6 is 0 Å². The van der Waals surface area contributed by atoms with Gasteiger partial charge in [-0.2, -0.15) is 4.31 Å². The van der Waals surface area contributed by atoms with E-state index in [0.717, 1.165) is 52.8 Å². The van der Waals surface area contributed by atoms with Crippen LogP contribution in [0.5, 0.6) is 0 Å². The summed E-state index contributed by atoms with van der Waals surface area (Å²) in [5.74, 6) is -2.92. The molecule has 1 amide bonds. The van der Waals surface area contributed by atoms with E-state index in [-0.39, 0.29) is 22.9 Å². The molecule has 0 aromatic heterocycles. The van der Waals surface area contributed by atoms with Crippen molar-refractivity contribution in [1.82, 2.24) is 9.03 Å². The minimum absolute atomic E-state index is 0.112. The average molecular weight is 444 g/mol. The molecule has 11 heteroatoms. The highest BCUT2D eigenvalue weighted by Crippen LogP contribution is 2.24. The summed E-state index contributed by atoms with van der Waals surface area (Å²) in [4.78, 5) is 12.1. The SMILES string of the molecule is O=C(NS(=O)(=O)c1ccc(F)cc1)C1CCCN(S(=O)(=O)c2ccc(F)cc2)C1. The molecule has 1 aliphatic rings. The summed E-state index contributed by atoms with van der Waals surface area (Å²) in [6, 6.07) is 8.27. The van der Waals surface area contributed by atoms with Gasteiger partial charge in [0.15, 0.2) is 0 Å². The molecule has 1 aliphatic heterocycles. The number of hydrogen-bond acceptors (Lipinski definition) is 5. The summed E-state index contributed by atoms with van der Waals surface area (Å²) in [5, 5.41) is 0. The molecule has 1 atom stereocenters. The van der Waals surface area contributed by atoms with Crippen molar-refractivity contribution in [1.29, 1.82) is 0 Å². The van der Waals surface area contributed by atoms with E-state index in [0.29, 0.717) is 12.8 Å². The summed E-state index contributed by atoms with van der Waals surface area (Å²) in [6.45, 7) is -0.0430. The number of halogens is 2. The Morgan fingerprint density at radius 1 is 0.897 bits per heavy atom. The molecule has 1 saturated heterocycles. The molecule has 29 heavy (non-hydrogen) atoms. The molecule has 1 unspecified atom stereocenters. The molecule has 0 spiro atoms. The topological polar surface area (TPSA) is 101 Å². The summed E-state index contributed by atoms with van der Waals surface area (Å²) in [6.07, 6.45) is 0.662. The highest BCUT2D eigenvalue weighted by atomic mass is 32.2. The minimum atomic E-state index is -4.21. The monoisotopic (exact) mass is 444 g/mol. The van der Waals surface area contributed by atoms with Crippen LogP contribution in [0.2, 0.25) is 0 Å². The lowest BCUT2D eigenvalue weighted by Gasteiger charge is -2.31. The molecule has 7 nitrogen and oxygen atoms in total. The number of carbonyl (C=O) groups excluding carboxylic acids is 1. The maximum atomic E-state index is 13.1. The van der Waals surface area contributed by atoms with Gasteiger partial charge in [-0.25, -0.2) is 30.3 Å². The smallest absolute Gasteiger partial charge is 0.264 e. The number of sulfonamides is 2. The van der Waals surface area contributed by atoms with E-state index >= 15 is 0 Å². The Morgan fingerprint density at radius 2 is 1.41 bits per heavy atom. The number of benzene rings is 2. The van der Waals surface area contributed by atoms with Crippen LogP contribution in [-0.2, 0) is 24.8 Å². The summed E-state index contributed by atoms with van der Waals surface area (Å²) < 4.78 is 79.1. The van der Waals surface area contributed by atoms with Gasteiger partial charge in [0.05, 0.1) is 15.7 Å². The average Bonchev–Trinajstić information content (AvgIpc) is 2.68. The van der Waals surface area contributed by atoms with Gasteiger partial charge in [-0.15, -0.1) is 0 Å². The number of rotatable bonds is 5. The summed E-state index contributed by atoms with van der Waals surface area (Å²) >= 11 is 0. The number of piperidine rings is 1. The highest BCUT2D eigenvalue weighted by molar-refractivity contribution is 7.90. The Morgan fingerprint density at radius 3 is 1.97 bits per heavy atom. The van der Waals surface area contributed by atoms with Crippen molar-refractivity contribution in [3.05, 3.63) is 60.2 Å². The van der Waals surface area contributed by atoms with E-state index in [9.17, 15) is 30.4 Å². The maximum absolute atomic E-state index is 13.1. The zero-order chi connectivity index (χ0) is 21.2. The van der Waals surface area contributed by atoms with Gasteiger partial charge >= 0.3 is 0 Å². The molecule has 0 aliphatic carbocycles. The standard InChI is InChI=1S/C18H18F2N2O5S2/c19-14-3-7-16(8-4-14)28(24,25)21-18(23)13-2-1-11-22(12-13)29(26,27)17-9-5-15(20)6-10-17/h3-10,13H,1-2,11-12H2,(H,21,23). The number of hydrogen-bond donors (Lipinski definition) is 1. The first kappa shape index (κ1) is 21.3. The van der Waals surface area contributed by atoms with E-state index in [1.54, 1.807) is 0 Å². The van der Waals surface area contributed by atoms with Crippen LogP contribution in [0.25, 0.3) is 0 Å². The Bertz CT molecular complexity index is 1100. The molecule has 3 rings (SSSR count). The summed E-state index contributed by atoms with van der Waals surface area (Å²) in [7, 11) is -8.16. The van der Waals surface area contributed by atoms with E-state index in [1.165, 1.54) is 0 Å². The Hall–Kier alpha value is -2.37. The number of carbonyl (C=O) groups is 1. The van der Waals surface area contributed by atoms with Gasteiger partial charge < -0.3 is 0 Å². The van der Waals surface area contributed by atoms with Crippen LogP contribution in [-0.4, -0.2) is 40.1 Å². The molecule has 156 valence electrons. The van der Waals surface area contributed by atoms with Crippen molar-refractivity contribution >= 4 is 26.0 Å². The van der Waals surface area contributed by atoms with E-state index < -0.39 is 43.5 Å². The quantitative estimate of drug-likeness (QED) is 0.759. The van der Waals surface area contributed by atoms with Crippen molar-refractivity contribution in [2.75, 3.05) is 13.1 Å². The van der Waals surface area contributed by atoms with Gasteiger partial charge in [0, 0.05) is 13.1 Å². The molecule has 1 fully saturated rings. The molecule has 1 heterocycles. The van der Waals surface area contributed by atoms with Crippen LogP contribution in [0.15, 0.2) is 58.3 Å². The van der Waals surface area contributed by atoms with Gasteiger partial charge in [-0.1, -0.05) is 0 Å². The lowest BCUT2D eigenvalue weighted by atomic mass is 9.99. The van der Waals surface area contributed by atoms with Crippen molar-refractivity contribution in [3.63, 3.8) is 0 Å². The molecule has 1 N–H and O–H groups in total. The Kier molecular flexibility index (Phi) is 6.01. The van der Waals surface area contributed by atoms with E-state index in [4.69, 9.17) is 0 Å². The van der Waals surface area contributed by atoms with Gasteiger partial charge in [-0.3, -0.25) is 4.79 Å². The van der Waals surface area contributed by atoms with Crippen molar-refractivity contribution in [2.24, 2.45) is 5.92 Å². The molecule has 0 radical (unpaired) electrons. The lowest BCUT2D eigenvalue weighted by Crippen LogP contribution is -2.46. The fraction of sp³-hybridized carbons (Fsp3) is 0.278. The molecule has 0 saturated carbocycles.